The van der Waals surface area contributed by atoms with E-state index in [1.165, 1.54) is 0 Å². The molecule has 2 rings (SSSR count). The van der Waals surface area contributed by atoms with Crippen LogP contribution in [0.5, 0.6) is 0 Å². The molecule has 0 aliphatic carbocycles. The fraction of sp³-hybridized carbons (Fsp3) is 0.222. The van der Waals surface area contributed by atoms with Crippen molar-refractivity contribution in [2.75, 3.05) is 0 Å². The SMILES string of the molecule is CCn1nccc1-c1nccnc1Cl. The lowest BCUT2D eigenvalue weighted by molar-refractivity contribution is 0.665. The summed E-state index contributed by atoms with van der Waals surface area (Å²) in [4.78, 5) is 8.15. The highest BCUT2D eigenvalue weighted by atomic mass is 35.5. The first-order valence-electron chi connectivity index (χ1n) is 4.31. The molecule has 0 bridgehead atoms. The summed E-state index contributed by atoms with van der Waals surface area (Å²) in [5.74, 6) is 0. The molecule has 14 heavy (non-hydrogen) atoms. The van der Waals surface area contributed by atoms with Gasteiger partial charge in [-0.15, -0.1) is 0 Å². The molecule has 0 atom stereocenters. The number of rotatable bonds is 2. The molecule has 5 heteroatoms. The Kier molecular flexibility index (Phi) is 2.45. The van der Waals surface area contributed by atoms with Crippen LogP contribution in [0.1, 0.15) is 6.92 Å². The quantitative estimate of drug-likeness (QED) is 0.759. The van der Waals surface area contributed by atoms with E-state index < -0.39 is 0 Å². The number of aromatic nitrogens is 4. The summed E-state index contributed by atoms with van der Waals surface area (Å²) in [5.41, 5.74) is 1.57. The monoisotopic (exact) mass is 208 g/mol. The summed E-state index contributed by atoms with van der Waals surface area (Å²) >= 11 is 5.93. The van der Waals surface area contributed by atoms with Crippen molar-refractivity contribution in [3.8, 4) is 11.4 Å². The highest BCUT2D eigenvalue weighted by Crippen LogP contribution is 2.22. The minimum absolute atomic E-state index is 0.405. The van der Waals surface area contributed by atoms with Crippen LogP contribution in [0.4, 0.5) is 0 Å². The summed E-state index contributed by atoms with van der Waals surface area (Å²) in [6, 6.07) is 1.87. The molecular weight excluding hydrogens is 200 g/mol. The second-order valence-electron chi connectivity index (χ2n) is 2.73. The first-order chi connectivity index (χ1) is 6.83. The van der Waals surface area contributed by atoms with Crippen LogP contribution >= 0.6 is 11.6 Å². The van der Waals surface area contributed by atoms with E-state index in [-0.39, 0.29) is 0 Å². The van der Waals surface area contributed by atoms with Gasteiger partial charge in [-0.25, -0.2) is 9.97 Å². The highest BCUT2D eigenvalue weighted by molar-refractivity contribution is 6.31. The molecule has 0 radical (unpaired) electrons. The van der Waals surface area contributed by atoms with E-state index in [0.717, 1.165) is 12.2 Å². The van der Waals surface area contributed by atoms with E-state index in [4.69, 9.17) is 11.6 Å². The van der Waals surface area contributed by atoms with Crippen LogP contribution in [0.2, 0.25) is 5.15 Å². The predicted molar refractivity (Wildman–Crippen MR) is 53.9 cm³/mol. The minimum Gasteiger partial charge on any atom is -0.263 e. The fourth-order valence-corrected chi connectivity index (χ4v) is 1.48. The van der Waals surface area contributed by atoms with Crippen LogP contribution in [0.15, 0.2) is 24.7 Å². The molecule has 0 aliphatic heterocycles. The number of hydrogen-bond acceptors (Lipinski definition) is 3. The molecule has 2 aromatic heterocycles. The van der Waals surface area contributed by atoms with Crippen LogP contribution in [0.25, 0.3) is 11.4 Å². The summed E-state index contributed by atoms with van der Waals surface area (Å²) in [5, 5.41) is 4.55. The zero-order valence-corrected chi connectivity index (χ0v) is 8.44. The van der Waals surface area contributed by atoms with Crippen LogP contribution in [-0.4, -0.2) is 19.7 Å². The van der Waals surface area contributed by atoms with Crippen LogP contribution in [0.3, 0.4) is 0 Å². The molecule has 0 fully saturated rings. The van der Waals surface area contributed by atoms with Crippen molar-refractivity contribution in [3.63, 3.8) is 0 Å². The van der Waals surface area contributed by atoms with Gasteiger partial charge in [-0.05, 0) is 13.0 Å². The van der Waals surface area contributed by atoms with Gasteiger partial charge < -0.3 is 0 Å². The van der Waals surface area contributed by atoms with Crippen molar-refractivity contribution >= 4 is 11.6 Å². The van der Waals surface area contributed by atoms with Gasteiger partial charge >= 0.3 is 0 Å². The predicted octanol–water partition coefficient (Wildman–Crippen LogP) is 2.01. The second kappa shape index (κ2) is 3.75. The van der Waals surface area contributed by atoms with Crippen molar-refractivity contribution in [2.45, 2.75) is 13.5 Å². The zero-order valence-electron chi connectivity index (χ0n) is 7.68. The van der Waals surface area contributed by atoms with Gasteiger partial charge in [-0.1, -0.05) is 11.6 Å². The third kappa shape index (κ3) is 1.48. The fourth-order valence-electron chi connectivity index (χ4n) is 1.28. The van der Waals surface area contributed by atoms with E-state index >= 15 is 0 Å². The van der Waals surface area contributed by atoms with Crippen molar-refractivity contribution in [3.05, 3.63) is 29.8 Å². The number of hydrogen-bond donors (Lipinski definition) is 0. The summed E-state index contributed by atoms with van der Waals surface area (Å²) in [7, 11) is 0. The summed E-state index contributed by atoms with van der Waals surface area (Å²) in [6.07, 6.45) is 4.91. The maximum Gasteiger partial charge on any atom is 0.156 e. The number of halogens is 1. The molecule has 2 heterocycles. The minimum atomic E-state index is 0.405. The Morgan fingerprint density at radius 2 is 2.07 bits per heavy atom. The molecule has 0 unspecified atom stereocenters. The van der Waals surface area contributed by atoms with E-state index in [0.29, 0.717) is 10.8 Å². The molecule has 0 spiro atoms. The smallest absolute Gasteiger partial charge is 0.156 e. The Bertz CT molecular complexity index is 438. The standard InChI is InChI=1S/C9H9ClN4/c1-2-14-7(3-4-13-14)8-9(10)12-6-5-11-8/h3-6H,2H2,1H3. The average Bonchev–Trinajstić information content (AvgIpc) is 2.66. The molecule has 0 aromatic carbocycles. The Labute approximate surface area is 86.6 Å². The van der Waals surface area contributed by atoms with Crippen molar-refractivity contribution in [2.24, 2.45) is 0 Å². The first-order valence-corrected chi connectivity index (χ1v) is 4.69. The van der Waals surface area contributed by atoms with E-state index in [1.807, 2.05) is 17.7 Å². The van der Waals surface area contributed by atoms with Gasteiger partial charge in [-0.2, -0.15) is 5.10 Å². The number of aryl methyl sites for hydroxylation is 1. The van der Waals surface area contributed by atoms with E-state index in [9.17, 15) is 0 Å². The molecule has 0 saturated carbocycles. The summed E-state index contributed by atoms with van der Waals surface area (Å²) < 4.78 is 1.83. The molecular formula is C9H9ClN4. The molecule has 4 nitrogen and oxygen atoms in total. The van der Waals surface area contributed by atoms with Crippen LogP contribution < -0.4 is 0 Å². The maximum absolute atomic E-state index is 5.93. The Hall–Kier alpha value is -1.42. The Balaban J connectivity index is 2.54. The van der Waals surface area contributed by atoms with Gasteiger partial charge in [0, 0.05) is 25.1 Å². The molecule has 0 saturated heterocycles. The average molecular weight is 209 g/mol. The highest BCUT2D eigenvalue weighted by Gasteiger charge is 2.09. The van der Waals surface area contributed by atoms with Crippen molar-refractivity contribution in [1.29, 1.82) is 0 Å². The lowest BCUT2D eigenvalue weighted by atomic mass is 10.3. The van der Waals surface area contributed by atoms with Gasteiger partial charge in [0.25, 0.3) is 0 Å². The Morgan fingerprint density at radius 3 is 2.79 bits per heavy atom. The van der Waals surface area contributed by atoms with Gasteiger partial charge in [0.15, 0.2) is 5.15 Å². The van der Waals surface area contributed by atoms with Crippen LogP contribution in [0, 0.1) is 0 Å². The summed E-state index contributed by atoms with van der Waals surface area (Å²) in [6.45, 7) is 2.80. The topological polar surface area (TPSA) is 43.6 Å². The van der Waals surface area contributed by atoms with E-state index in [2.05, 4.69) is 15.1 Å². The third-order valence-corrected chi connectivity index (χ3v) is 2.19. The van der Waals surface area contributed by atoms with Gasteiger partial charge in [-0.3, -0.25) is 4.68 Å². The molecule has 2 aromatic rings. The van der Waals surface area contributed by atoms with Crippen molar-refractivity contribution < 1.29 is 0 Å². The van der Waals surface area contributed by atoms with E-state index in [1.54, 1.807) is 18.6 Å². The lowest BCUT2D eigenvalue weighted by Crippen LogP contribution is -2.00. The normalized spacial score (nSPS) is 10.4. The first kappa shape index (κ1) is 9.15. The third-order valence-electron chi connectivity index (χ3n) is 1.91. The zero-order chi connectivity index (χ0) is 9.97. The maximum atomic E-state index is 5.93. The molecule has 72 valence electrons. The molecule has 0 amide bonds. The lowest BCUT2D eigenvalue weighted by Gasteiger charge is -2.04. The van der Waals surface area contributed by atoms with Gasteiger partial charge in [0.05, 0.1) is 5.69 Å². The largest absolute Gasteiger partial charge is 0.263 e. The van der Waals surface area contributed by atoms with Gasteiger partial charge in [0.1, 0.15) is 5.69 Å². The van der Waals surface area contributed by atoms with Gasteiger partial charge in [0.2, 0.25) is 0 Å². The number of nitrogens with zero attached hydrogens (tertiary/aromatic N) is 4. The molecule has 0 N–H and O–H groups in total. The van der Waals surface area contributed by atoms with Crippen LogP contribution in [-0.2, 0) is 6.54 Å². The van der Waals surface area contributed by atoms with Crippen molar-refractivity contribution in [1.82, 2.24) is 19.7 Å². The molecule has 0 aliphatic rings. The Morgan fingerprint density at radius 1 is 1.29 bits per heavy atom. The second-order valence-corrected chi connectivity index (χ2v) is 3.09.